The zero-order valence-electron chi connectivity index (χ0n) is 23.1. The van der Waals surface area contributed by atoms with E-state index in [1.54, 1.807) is 0 Å². The predicted molar refractivity (Wildman–Crippen MR) is 148 cm³/mol. The topological polar surface area (TPSA) is 83.9 Å². The van der Waals surface area contributed by atoms with Crippen LogP contribution >= 0.6 is 11.8 Å². The highest BCUT2D eigenvalue weighted by molar-refractivity contribution is 8.00. The zero-order valence-corrected chi connectivity index (χ0v) is 24.7. The van der Waals surface area contributed by atoms with Crippen LogP contribution in [0.25, 0.3) is 0 Å². The van der Waals surface area contributed by atoms with Crippen LogP contribution in [0.2, 0.25) is 0 Å². The third kappa shape index (κ3) is 6.36. The van der Waals surface area contributed by atoms with Gasteiger partial charge in [-0.25, -0.2) is 17.2 Å². The molecule has 2 aliphatic carbocycles. The molecule has 230 valence electrons. The maximum atomic E-state index is 15.8. The molecular weight excluding hydrogens is 601 g/mol. The van der Waals surface area contributed by atoms with Gasteiger partial charge in [-0.15, -0.1) is 11.8 Å². The number of nitrogens with zero attached hydrogens (tertiary/aromatic N) is 1. The summed E-state index contributed by atoms with van der Waals surface area (Å²) in [6.45, 7) is 2.20. The molecule has 42 heavy (non-hydrogen) atoms. The third-order valence-electron chi connectivity index (χ3n) is 8.38. The number of ether oxygens (including phenoxy) is 1. The maximum Gasteiger partial charge on any atom is 0.389 e. The first-order valence-corrected chi connectivity index (χ1v) is 16.1. The number of hydrogen-bond donors (Lipinski definition) is 1. The lowest BCUT2D eigenvalue weighted by Gasteiger charge is -2.36. The predicted octanol–water partition coefficient (Wildman–Crippen LogP) is 7.53. The number of carbonyl (C=O) groups is 1. The highest BCUT2D eigenvalue weighted by Gasteiger charge is 2.53. The third-order valence-corrected chi connectivity index (χ3v) is 11.5. The summed E-state index contributed by atoms with van der Waals surface area (Å²) in [5, 5.41) is 9.77. The minimum atomic E-state index is -4.82. The van der Waals surface area contributed by atoms with Crippen molar-refractivity contribution >= 4 is 38.9 Å². The van der Waals surface area contributed by atoms with Gasteiger partial charge in [-0.05, 0) is 81.7 Å². The highest BCUT2D eigenvalue weighted by Crippen LogP contribution is 2.65. The molecule has 2 atom stereocenters. The molecule has 1 N–H and O–H groups in total. The van der Waals surface area contributed by atoms with Crippen LogP contribution < -0.4 is 9.64 Å². The van der Waals surface area contributed by atoms with E-state index >= 15 is 4.39 Å². The summed E-state index contributed by atoms with van der Waals surface area (Å²) < 4.78 is 102. The molecule has 13 heteroatoms. The molecule has 1 heterocycles. The van der Waals surface area contributed by atoms with Crippen LogP contribution in [0.1, 0.15) is 52.4 Å². The molecule has 1 aliphatic heterocycles. The first-order chi connectivity index (χ1) is 19.5. The number of thioether (sulfide) groups is 1. The number of carboxylic acid groups (broad SMARTS) is 1. The van der Waals surface area contributed by atoms with E-state index in [0.29, 0.717) is 10.3 Å². The molecule has 6 nitrogen and oxygen atoms in total. The number of alkyl halides is 4. The van der Waals surface area contributed by atoms with Crippen molar-refractivity contribution in [3.63, 3.8) is 0 Å². The van der Waals surface area contributed by atoms with Crippen molar-refractivity contribution in [1.82, 2.24) is 0 Å². The molecule has 2 saturated carbocycles. The number of fused-ring (bicyclic) bond motifs is 1. The van der Waals surface area contributed by atoms with Gasteiger partial charge in [-0.2, -0.15) is 13.2 Å². The standard InChI is InChI=1S/C29H32F5NO5S2/c1-27(2,26(36)37)16-40-22-12-24-21(11-23(22)41-20-13-28(14-20)9-10-28)35(19-5-3-18(30)4-6-19)15-17(7-8-29(32,33)34)25(31)42(24,38)39/h3-6,11-12,17,20,25H,7-10,13-16H2,1-2H3,(H,36,37)/t17-,25+/m1/s1. The first-order valence-electron chi connectivity index (χ1n) is 13.7. The van der Waals surface area contributed by atoms with E-state index in [2.05, 4.69) is 0 Å². The van der Waals surface area contributed by atoms with Crippen molar-refractivity contribution < 1.29 is 45.0 Å². The Morgan fingerprint density at radius 2 is 1.79 bits per heavy atom. The van der Waals surface area contributed by atoms with Gasteiger partial charge in [0.25, 0.3) is 0 Å². The lowest BCUT2D eigenvalue weighted by atomic mass is 9.81. The minimum absolute atomic E-state index is 0.0478. The van der Waals surface area contributed by atoms with Gasteiger partial charge in [0, 0.05) is 35.9 Å². The number of aliphatic carboxylic acids is 1. The monoisotopic (exact) mass is 633 g/mol. The van der Waals surface area contributed by atoms with Crippen molar-refractivity contribution in [3.05, 3.63) is 42.2 Å². The number of halogens is 5. The fourth-order valence-electron chi connectivity index (χ4n) is 5.48. The Morgan fingerprint density at radius 3 is 2.36 bits per heavy atom. The van der Waals surface area contributed by atoms with E-state index in [0.717, 1.165) is 43.9 Å². The van der Waals surface area contributed by atoms with E-state index in [1.165, 1.54) is 48.7 Å². The van der Waals surface area contributed by atoms with E-state index in [-0.39, 0.29) is 29.0 Å². The molecular formula is C29H32F5NO5S2. The van der Waals surface area contributed by atoms with Crippen molar-refractivity contribution in [2.75, 3.05) is 18.1 Å². The van der Waals surface area contributed by atoms with Gasteiger partial charge in [0.15, 0.2) is 0 Å². The molecule has 2 aromatic rings. The average Bonchev–Trinajstić information content (AvgIpc) is 3.68. The number of sulfone groups is 1. The Hall–Kier alpha value is -2.54. The number of rotatable bonds is 9. The summed E-state index contributed by atoms with van der Waals surface area (Å²) in [6, 6.07) is 7.68. The summed E-state index contributed by atoms with van der Waals surface area (Å²) in [7, 11) is -4.82. The van der Waals surface area contributed by atoms with Crippen molar-refractivity contribution in [3.8, 4) is 5.75 Å². The van der Waals surface area contributed by atoms with E-state index in [9.17, 15) is 35.9 Å². The van der Waals surface area contributed by atoms with Gasteiger partial charge in [0.2, 0.25) is 15.3 Å². The second-order valence-electron chi connectivity index (χ2n) is 12.3. The molecule has 0 bridgehead atoms. The molecule has 5 rings (SSSR count). The van der Waals surface area contributed by atoms with Crippen LogP contribution in [0.4, 0.5) is 33.3 Å². The summed E-state index contributed by atoms with van der Waals surface area (Å²) in [5.41, 5.74) is -3.28. The van der Waals surface area contributed by atoms with Gasteiger partial charge in [0.1, 0.15) is 18.2 Å². The van der Waals surface area contributed by atoms with Crippen molar-refractivity contribution in [2.45, 2.75) is 79.1 Å². The molecule has 3 aliphatic rings. The van der Waals surface area contributed by atoms with Crippen LogP contribution in [-0.4, -0.2) is 49.6 Å². The van der Waals surface area contributed by atoms with Crippen LogP contribution in [0, 0.1) is 22.6 Å². The largest absolute Gasteiger partial charge is 0.491 e. The number of anilines is 2. The Bertz CT molecular complexity index is 1450. The van der Waals surface area contributed by atoms with Crippen molar-refractivity contribution in [1.29, 1.82) is 0 Å². The Balaban J connectivity index is 1.61. The lowest BCUT2D eigenvalue weighted by molar-refractivity contribution is -0.148. The second-order valence-corrected chi connectivity index (χ2v) is 15.6. The summed E-state index contributed by atoms with van der Waals surface area (Å²) in [6.07, 6.45) is -2.53. The number of carboxylic acids is 1. The SMILES string of the molecule is CC(C)(COc1cc2c(cc1SC1CC3(CC3)C1)N(c1ccc(F)cc1)C[C@@H](CCC(F)(F)F)[C@@H](F)S2(=O)=O)C(=O)O. The number of benzene rings is 2. The van der Waals surface area contributed by atoms with E-state index < -0.39 is 68.9 Å². The van der Waals surface area contributed by atoms with Crippen molar-refractivity contribution in [2.24, 2.45) is 16.7 Å². The fraction of sp³-hybridized carbons (Fsp3) is 0.552. The zero-order chi connectivity index (χ0) is 30.7. The van der Waals surface area contributed by atoms with Gasteiger partial charge in [-0.1, -0.05) is 0 Å². The first kappa shape index (κ1) is 30.9. The second kappa shape index (κ2) is 10.9. The van der Waals surface area contributed by atoms with E-state index in [4.69, 9.17) is 4.74 Å². The molecule has 2 aromatic carbocycles. The maximum absolute atomic E-state index is 15.8. The molecule has 0 saturated heterocycles. The van der Waals surface area contributed by atoms with E-state index in [1.807, 2.05) is 0 Å². The molecule has 0 amide bonds. The van der Waals surface area contributed by atoms with Crippen LogP contribution in [-0.2, 0) is 14.6 Å². The summed E-state index contributed by atoms with van der Waals surface area (Å²) in [5.74, 6) is -3.18. The van der Waals surface area contributed by atoms with Gasteiger partial charge >= 0.3 is 12.1 Å². The summed E-state index contributed by atoms with van der Waals surface area (Å²) in [4.78, 5) is 13.2. The quantitative estimate of drug-likeness (QED) is 0.286. The molecule has 0 aromatic heterocycles. The Morgan fingerprint density at radius 1 is 1.14 bits per heavy atom. The molecule has 0 unspecified atom stereocenters. The van der Waals surface area contributed by atoms with Gasteiger partial charge < -0.3 is 14.7 Å². The van der Waals surface area contributed by atoms with Gasteiger partial charge in [-0.3, -0.25) is 4.79 Å². The number of hydrogen-bond acceptors (Lipinski definition) is 6. The van der Waals surface area contributed by atoms with Crippen LogP contribution in [0.5, 0.6) is 5.75 Å². The van der Waals surface area contributed by atoms with Crippen LogP contribution in [0.3, 0.4) is 0 Å². The molecule has 0 radical (unpaired) electrons. The smallest absolute Gasteiger partial charge is 0.389 e. The van der Waals surface area contributed by atoms with Crippen LogP contribution in [0.15, 0.2) is 46.2 Å². The fourth-order valence-corrected chi connectivity index (χ4v) is 8.83. The molecule has 1 spiro atoms. The minimum Gasteiger partial charge on any atom is -0.491 e. The van der Waals surface area contributed by atoms with Gasteiger partial charge in [0.05, 0.1) is 20.9 Å². The summed E-state index contributed by atoms with van der Waals surface area (Å²) >= 11 is 1.46. The Labute approximate surface area is 245 Å². The average molecular weight is 634 g/mol. The normalized spacial score (nSPS) is 23.2. The molecule has 2 fully saturated rings. The lowest BCUT2D eigenvalue weighted by Crippen LogP contribution is -2.32. The Kier molecular flexibility index (Phi) is 8.00. The highest BCUT2D eigenvalue weighted by atomic mass is 32.2.